The van der Waals surface area contributed by atoms with Gasteiger partial charge in [0.2, 0.25) is 0 Å². The van der Waals surface area contributed by atoms with Gasteiger partial charge in [-0.05, 0) is 38.1 Å². The minimum atomic E-state index is 0.423. The number of likely N-dealkylation sites (N-methyl/N-ethyl adjacent to an activating group) is 1. The van der Waals surface area contributed by atoms with E-state index in [9.17, 15) is 0 Å². The van der Waals surface area contributed by atoms with Crippen molar-refractivity contribution in [2.45, 2.75) is 26.2 Å². The third-order valence-corrected chi connectivity index (χ3v) is 2.92. The van der Waals surface area contributed by atoms with E-state index in [1.165, 1.54) is 11.1 Å². The Hall–Kier alpha value is -1.22. The molecule has 96 valence electrons. The van der Waals surface area contributed by atoms with Gasteiger partial charge in [0.15, 0.2) is 0 Å². The summed E-state index contributed by atoms with van der Waals surface area (Å²) in [5.74, 6) is 2.32. The Morgan fingerprint density at radius 2 is 1.71 bits per heavy atom. The maximum atomic E-state index is 5.45. The van der Waals surface area contributed by atoms with E-state index in [1.54, 1.807) is 14.2 Å². The molecule has 1 aromatic carbocycles. The average Bonchev–Trinajstić information content (AvgIpc) is 2.34. The summed E-state index contributed by atoms with van der Waals surface area (Å²) in [6, 6.07) is 3.97. The SMILES string of the molecule is CNCCc1c(OC)ccc(OC)c1C(C)C. The highest BCUT2D eigenvalue weighted by Crippen LogP contribution is 2.35. The van der Waals surface area contributed by atoms with Crippen LogP contribution in [0.25, 0.3) is 0 Å². The van der Waals surface area contributed by atoms with Crippen molar-refractivity contribution < 1.29 is 9.47 Å². The summed E-state index contributed by atoms with van der Waals surface area (Å²) in [4.78, 5) is 0. The number of ether oxygens (including phenoxy) is 2. The predicted molar refractivity (Wildman–Crippen MR) is 71.3 cm³/mol. The van der Waals surface area contributed by atoms with Gasteiger partial charge in [0.05, 0.1) is 14.2 Å². The molecule has 17 heavy (non-hydrogen) atoms. The standard InChI is InChI=1S/C14H23NO2/c1-10(2)14-11(8-9-15-3)12(16-4)6-7-13(14)17-5/h6-7,10,15H,8-9H2,1-5H3. The Labute approximate surface area is 104 Å². The van der Waals surface area contributed by atoms with Gasteiger partial charge in [-0.1, -0.05) is 13.8 Å². The van der Waals surface area contributed by atoms with Crippen LogP contribution in [-0.4, -0.2) is 27.8 Å². The number of nitrogens with one attached hydrogen (secondary N) is 1. The molecule has 0 aliphatic carbocycles. The smallest absolute Gasteiger partial charge is 0.122 e. The van der Waals surface area contributed by atoms with E-state index >= 15 is 0 Å². The van der Waals surface area contributed by atoms with Crippen LogP contribution >= 0.6 is 0 Å². The molecular formula is C14H23NO2. The summed E-state index contributed by atoms with van der Waals surface area (Å²) in [6.45, 7) is 5.30. The quantitative estimate of drug-likeness (QED) is 0.825. The fraction of sp³-hybridized carbons (Fsp3) is 0.571. The first-order valence-corrected chi connectivity index (χ1v) is 6.04. The van der Waals surface area contributed by atoms with Crippen molar-refractivity contribution in [3.63, 3.8) is 0 Å². The largest absolute Gasteiger partial charge is 0.496 e. The molecule has 0 radical (unpaired) electrons. The number of rotatable bonds is 6. The third kappa shape index (κ3) is 3.13. The molecular weight excluding hydrogens is 214 g/mol. The molecule has 0 aromatic heterocycles. The van der Waals surface area contributed by atoms with Crippen LogP contribution < -0.4 is 14.8 Å². The number of benzene rings is 1. The van der Waals surface area contributed by atoms with Gasteiger partial charge in [-0.2, -0.15) is 0 Å². The van der Waals surface area contributed by atoms with Gasteiger partial charge in [0.1, 0.15) is 11.5 Å². The molecule has 1 aromatic rings. The Morgan fingerprint density at radius 3 is 2.18 bits per heavy atom. The van der Waals surface area contributed by atoms with Crippen LogP contribution in [0, 0.1) is 0 Å². The van der Waals surface area contributed by atoms with Crippen molar-refractivity contribution in [3.8, 4) is 11.5 Å². The Kier molecular flexibility index (Phi) is 5.29. The molecule has 0 saturated carbocycles. The molecule has 1 N–H and O–H groups in total. The van der Waals surface area contributed by atoms with Crippen molar-refractivity contribution in [2.24, 2.45) is 0 Å². The Balaban J connectivity index is 3.25. The number of hydrogen-bond donors (Lipinski definition) is 1. The highest BCUT2D eigenvalue weighted by molar-refractivity contribution is 5.50. The van der Waals surface area contributed by atoms with E-state index in [0.717, 1.165) is 24.5 Å². The summed E-state index contributed by atoms with van der Waals surface area (Å²) in [5, 5.41) is 3.17. The van der Waals surface area contributed by atoms with Crippen molar-refractivity contribution in [2.75, 3.05) is 27.8 Å². The predicted octanol–water partition coefficient (Wildman–Crippen LogP) is 2.59. The normalized spacial score (nSPS) is 10.7. The lowest BCUT2D eigenvalue weighted by atomic mass is 9.93. The lowest BCUT2D eigenvalue weighted by Crippen LogP contribution is -2.13. The zero-order valence-electron chi connectivity index (χ0n) is 11.5. The number of methoxy groups -OCH3 is 2. The van der Waals surface area contributed by atoms with E-state index in [0.29, 0.717) is 5.92 Å². The van der Waals surface area contributed by atoms with Crippen molar-refractivity contribution in [1.82, 2.24) is 5.32 Å². The maximum absolute atomic E-state index is 5.45. The molecule has 3 heteroatoms. The highest BCUT2D eigenvalue weighted by atomic mass is 16.5. The van der Waals surface area contributed by atoms with Gasteiger partial charge in [-0.3, -0.25) is 0 Å². The van der Waals surface area contributed by atoms with E-state index in [2.05, 4.69) is 19.2 Å². The van der Waals surface area contributed by atoms with Crippen LogP contribution in [-0.2, 0) is 6.42 Å². The molecule has 0 atom stereocenters. The maximum Gasteiger partial charge on any atom is 0.122 e. The second kappa shape index (κ2) is 6.50. The van der Waals surface area contributed by atoms with Gasteiger partial charge in [-0.15, -0.1) is 0 Å². The lowest BCUT2D eigenvalue weighted by molar-refractivity contribution is 0.392. The van der Waals surface area contributed by atoms with Gasteiger partial charge < -0.3 is 14.8 Å². The molecule has 0 amide bonds. The van der Waals surface area contributed by atoms with E-state index < -0.39 is 0 Å². The van der Waals surface area contributed by atoms with E-state index in [4.69, 9.17) is 9.47 Å². The molecule has 1 rings (SSSR count). The van der Waals surface area contributed by atoms with Crippen molar-refractivity contribution in [1.29, 1.82) is 0 Å². The van der Waals surface area contributed by atoms with E-state index in [1.807, 2.05) is 19.2 Å². The second-order valence-corrected chi connectivity index (χ2v) is 4.37. The van der Waals surface area contributed by atoms with E-state index in [-0.39, 0.29) is 0 Å². The van der Waals surface area contributed by atoms with Gasteiger partial charge in [-0.25, -0.2) is 0 Å². The average molecular weight is 237 g/mol. The van der Waals surface area contributed by atoms with Crippen LogP contribution in [0.1, 0.15) is 30.9 Å². The fourth-order valence-corrected chi connectivity index (χ4v) is 2.13. The molecule has 3 nitrogen and oxygen atoms in total. The first-order valence-electron chi connectivity index (χ1n) is 6.04. The molecule has 0 unspecified atom stereocenters. The van der Waals surface area contributed by atoms with Crippen LogP contribution in [0.2, 0.25) is 0 Å². The monoisotopic (exact) mass is 237 g/mol. The van der Waals surface area contributed by atoms with Crippen LogP contribution in [0.3, 0.4) is 0 Å². The first-order chi connectivity index (χ1) is 8.15. The highest BCUT2D eigenvalue weighted by Gasteiger charge is 2.16. The Morgan fingerprint density at radius 1 is 1.12 bits per heavy atom. The van der Waals surface area contributed by atoms with Crippen LogP contribution in [0.4, 0.5) is 0 Å². The first kappa shape index (κ1) is 13.8. The summed E-state index contributed by atoms with van der Waals surface area (Å²) in [7, 11) is 5.39. The minimum absolute atomic E-state index is 0.423. The third-order valence-electron chi connectivity index (χ3n) is 2.92. The van der Waals surface area contributed by atoms with Gasteiger partial charge in [0, 0.05) is 11.1 Å². The zero-order chi connectivity index (χ0) is 12.8. The fourth-order valence-electron chi connectivity index (χ4n) is 2.13. The Bertz CT molecular complexity index is 361. The second-order valence-electron chi connectivity index (χ2n) is 4.37. The zero-order valence-corrected chi connectivity index (χ0v) is 11.5. The van der Waals surface area contributed by atoms with Crippen LogP contribution in [0.5, 0.6) is 11.5 Å². The summed E-state index contributed by atoms with van der Waals surface area (Å²) < 4.78 is 10.9. The summed E-state index contributed by atoms with van der Waals surface area (Å²) in [6.07, 6.45) is 0.949. The molecule has 0 spiro atoms. The van der Waals surface area contributed by atoms with Gasteiger partial charge in [0.25, 0.3) is 0 Å². The lowest BCUT2D eigenvalue weighted by Gasteiger charge is -2.19. The summed E-state index contributed by atoms with van der Waals surface area (Å²) in [5.41, 5.74) is 2.50. The number of hydrogen-bond acceptors (Lipinski definition) is 3. The molecule has 0 bridgehead atoms. The van der Waals surface area contributed by atoms with Gasteiger partial charge >= 0.3 is 0 Å². The van der Waals surface area contributed by atoms with Crippen LogP contribution in [0.15, 0.2) is 12.1 Å². The molecule has 0 aliphatic rings. The molecule has 0 saturated heterocycles. The molecule has 0 aliphatic heterocycles. The molecule has 0 heterocycles. The topological polar surface area (TPSA) is 30.5 Å². The van der Waals surface area contributed by atoms with Crippen molar-refractivity contribution in [3.05, 3.63) is 23.3 Å². The van der Waals surface area contributed by atoms with Crippen molar-refractivity contribution >= 4 is 0 Å². The minimum Gasteiger partial charge on any atom is -0.496 e. The summed E-state index contributed by atoms with van der Waals surface area (Å²) >= 11 is 0. The molecule has 0 fully saturated rings.